The highest BCUT2D eigenvalue weighted by Crippen LogP contribution is 2.25. The van der Waals surface area contributed by atoms with Crippen LogP contribution in [-0.4, -0.2) is 61.2 Å². The van der Waals surface area contributed by atoms with E-state index < -0.39 is 0 Å². The number of rotatable bonds is 2. The Morgan fingerprint density at radius 3 is 2.76 bits per heavy atom. The SMILES string of the molecule is CCC1(C)CN(C2CCN(C)CC2C)CCN1. The molecule has 0 saturated carbocycles. The lowest BCUT2D eigenvalue weighted by molar-refractivity contribution is 0.0333. The molecule has 0 amide bonds. The minimum absolute atomic E-state index is 0.335. The Bertz CT molecular complexity index is 256. The first-order valence-corrected chi connectivity index (χ1v) is 7.22. The van der Waals surface area contributed by atoms with Gasteiger partial charge in [-0.25, -0.2) is 0 Å². The molecule has 0 radical (unpaired) electrons. The average Bonchev–Trinajstić information content (AvgIpc) is 2.29. The molecule has 0 spiro atoms. The van der Waals surface area contributed by atoms with E-state index in [2.05, 4.69) is 42.9 Å². The third-order valence-corrected chi connectivity index (χ3v) is 4.82. The van der Waals surface area contributed by atoms with Crippen molar-refractivity contribution in [3.05, 3.63) is 0 Å². The van der Waals surface area contributed by atoms with Gasteiger partial charge in [0.1, 0.15) is 0 Å². The van der Waals surface area contributed by atoms with Crippen molar-refractivity contribution in [1.29, 1.82) is 0 Å². The molecule has 0 aromatic rings. The molecule has 0 aromatic heterocycles. The van der Waals surface area contributed by atoms with E-state index in [-0.39, 0.29) is 0 Å². The van der Waals surface area contributed by atoms with Crippen LogP contribution in [0, 0.1) is 5.92 Å². The summed E-state index contributed by atoms with van der Waals surface area (Å²) in [6, 6.07) is 0.805. The molecule has 1 N–H and O–H groups in total. The summed E-state index contributed by atoms with van der Waals surface area (Å²) in [6.45, 7) is 13.2. The summed E-state index contributed by atoms with van der Waals surface area (Å²) < 4.78 is 0. The van der Waals surface area contributed by atoms with Crippen molar-refractivity contribution in [3.8, 4) is 0 Å². The third kappa shape index (κ3) is 3.01. The maximum Gasteiger partial charge on any atom is 0.0278 e. The molecule has 2 fully saturated rings. The lowest BCUT2D eigenvalue weighted by Gasteiger charge is -2.48. The Morgan fingerprint density at radius 1 is 1.35 bits per heavy atom. The second-order valence-electron chi connectivity index (χ2n) is 6.41. The number of piperazine rings is 1. The van der Waals surface area contributed by atoms with E-state index >= 15 is 0 Å². The second kappa shape index (κ2) is 5.25. The van der Waals surface area contributed by atoms with Crippen LogP contribution in [0.2, 0.25) is 0 Å². The minimum Gasteiger partial charge on any atom is -0.309 e. The summed E-state index contributed by atoms with van der Waals surface area (Å²) in [5.74, 6) is 0.813. The zero-order valence-corrected chi connectivity index (χ0v) is 12.0. The summed E-state index contributed by atoms with van der Waals surface area (Å²) in [5, 5.41) is 3.69. The van der Waals surface area contributed by atoms with Gasteiger partial charge in [0.05, 0.1) is 0 Å². The summed E-state index contributed by atoms with van der Waals surface area (Å²) in [6.07, 6.45) is 2.57. The van der Waals surface area contributed by atoms with Crippen molar-refractivity contribution in [2.45, 2.75) is 45.2 Å². The number of likely N-dealkylation sites (tertiary alicyclic amines) is 1. The minimum atomic E-state index is 0.335. The normalized spacial score (nSPS) is 41.6. The van der Waals surface area contributed by atoms with Crippen LogP contribution in [0.4, 0.5) is 0 Å². The van der Waals surface area contributed by atoms with Crippen LogP contribution in [0.25, 0.3) is 0 Å². The van der Waals surface area contributed by atoms with Gasteiger partial charge < -0.3 is 10.2 Å². The molecule has 2 heterocycles. The fourth-order valence-electron chi connectivity index (χ4n) is 3.49. The van der Waals surface area contributed by atoms with Crippen LogP contribution in [-0.2, 0) is 0 Å². The molecule has 3 heteroatoms. The van der Waals surface area contributed by atoms with Crippen molar-refractivity contribution in [2.75, 3.05) is 39.8 Å². The van der Waals surface area contributed by atoms with Crippen molar-refractivity contribution in [3.63, 3.8) is 0 Å². The molecular weight excluding hydrogens is 210 g/mol. The van der Waals surface area contributed by atoms with Gasteiger partial charge in [-0.2, -0.15) is 0 Å². The molecule has 0 aromatic carbocycles. The Hall–Kier alpha value is -0.120. The fraction of sp³-hybridized carbons (Fsp3) is 1.00. The number of nitrogens with zero attached hydrogens (tertiary/aromatic N) is 2. The second-order valence-corrected chi connectivity index (χ2v) is 6.41. The van der Waals surface area contributed by atoms with Crippen molar-refractivity contribution < 1.29 is 0 Å². The van der Waals surface area contributed by atoms with Crippen LogP contribution in [0.15, 0.2) is 0 Å². The highest BCUT2D eigenvalue weighted by atomic mass is 15.3. The topological polar surface area (TPSA) is 18.5 Å². The zero-order valence-electron chi connectivity index (χ0n) is 12.0. The number of hydrogen-bond donors (Lipinski definition) is 1. The van der Waals surface area contributed by atoms with E-state index in [1.165, 1.54) is 39.0 Å². The number of nitrogens with one attached hydrogen (secondary N) is 1. The first-order chi connectivity index (χ1) is 8.04. The molecular formula is C14H29N3. The average molecular weight is 239 g/mol. The third-order valence-electron chi connectivity index (χ3n) is 4.82. The van der Waals surface area contributed by atoms with Gasteiger partial charge in [0.15, 0.2) is 0 Å². The molecule has 2 aliphatic rings. The Balaban J connectivity index is 1.97. The molecule has 2 saturated heterocycles. The van der Waals surface area contributed by atoms with Gasteiger partial charge in [-0.15, -0.1) is 0 Å². The van der Waals surface area contributed by atoms with Gasteiger partial charge in [-0.05, 0) is 39.3 Å². The van der Waals surface area contributed by atoms with E-state index in [4.69, 9.17) is 0 Å². The first kappa shape index (κ1) is 13.3. The van der Waals surface area contributed by atoms with E-state index in [0.717, 1.165) is 18.5 Å². The van der Waals surface area contributed by atoms with E-state index in [1.54, 1.807) is 0 Å². The summed E-state index contributed by atoms with van der Waals surface area (Å²) in [5.41, 5.74) is 0.335. The Kier molecular flexibility index (Phi) is 4.11. The predicted octanol–water partition coefficient (Wildman–Crippen LogP) is 1.40. The van der Waals surface area contributed by atoms with Crippen LogP contribution < -0.4 is 5.32 Å². The highest BCUT2D eigenvalue weighted by Gasteiger charge is 2.35. The smallest absolute Gasteiger partial charge is 0.0278 e. The molecule has 0 aliphatic carbocycles. The molecule has 3 unspecified atom stereocenters. The molecule has 3 nitrogen and oxygen atoms in total. The molecule has 3 atom stereocenters. The van der Waals surface area contributed by atoms with Gasteiger partial charge in [-0.1, -0.05) is 13.8 Å². The van der Waals surface area contributed by atoms with Gasteiger partial charge in [0, 0.05) is 37.8 Å². The van der Waals surface area contributed by atoms with Gasteiger partial charge in [-0.3, -0.25) is 4.90 Å². The monoisotopic (exact) mass is 239 g/mol. The lowest BCUT2D eigenvalue weighted by atomic mass is 9.88. The maximum absolute atomic E-state index is 3.69. The Labute approximate surface area is 107 Å². The van der Waals surface area contributed by atoms with Crippen LogP contribution in [0.1, 0.15) is 33.6 Å². The summed E-state index contributed by atoms with van der Waals surface area (Å²) in [4.78, 5) is 5.22. The molecule has 2 rings (SSSR count). The number of hydrogen-bond acceptors (Lipinski definition) is 3. The lowest BCUT2D eigenvalue weighted by Crippen LogP contribution is -2.62. The molecule has 2 aliphatic heterocycles. The summed E-state index contributed by atoms with van der Waals surface area (Å²) in [7, 11) is 2.25. The van der Waals surface area contributed by atoms with E-state index in [1.807, 2.05) is 0 Å². The van der Waals surface area contributed by atoms with Gasteiger partial charge in [0.2, 0.25) is 0 Å². The molecule has 17 heavy (non-hydrogen) atoms. The van der Waals surface area contributed by atoms with Gasteiger partial charge in [0.25, 0.3) is 0 Å². The highest BCUT2D eigenvalue weighted by molar-refractivity contribution is 4.94. The zero-order chi connectivity index (χ0) is 12.5. The van der Waals surface area contributed by atoms with Crippen molar-refractivity contribution in [1.82, 2.24) is 15.1 Å². The van der Waals surface area contributed by atoms with Crippen LogP contribution in [0.5, 0.6) is 0 Å². The first-order valence-electron chi connectivity index (χ1n) is 7.22. The van der Waals surface area contributed by atoms with Gasteiger partial charge >= 0.3 is 0 Å². The fourth-order valence-corrected chi connectivity index (χ4v) is 3.49. The van der Waals surface area contributed by atoms with Crippen molar-refractivity contribution in [2.24, 2.45) is 5.92 Å². The maximum atomic E-state index is 3.69. The molecule has 100 valence electrons. The predicted molar refractivity (Wildman–Crippen MR) is 73.3 cm³/mol. The standard InChI is InChI=1S/C14H29N3/c1-5-14(3)11-17(9-7-15-14)13-6-8-16(4)10-12(13)2/h12-13,15H,5-11H2,1-4H3. The quantitative estimate of drug-likeness (QED) is 0.786. The van der Waals surface area contributed by atoms with Crippen molar-refractivity contribution >= 4 is 0 Å². The largest absolute Gasteiger partial charge is 0.309 e. The molecule has 0 bridgehead atoms. The van der Waals surface area contributed by atoms with E-state index in [9.17, 15) is 0 Å². The van der Waals surface area contributed by atoms with E-state index in [0.29, 0.717) is 5.54 Å². The van der Waals surface area contributed by atoms with Crippen LogP contribution >= 0.6 is 0 Å². The number of piperidine rings is 1. The Morgan fingerprint density at radius 2 is 2.12 bits per heavy atom. The van der Waals surface area contributed by atoms with Crippen LogP contribution in [0.3, 0.4) is 0 Å². The summed E-state index contributed by atoms with van der Waals surface area (Å²) >= 11 is 0.